The summed E-state index contributed by atoms with van der Waals surface area (Å²) in [7, 11) is 1.61. The van der Waals surface area contributed by atoms with E-state index >= 15 is 0 Å². The van der Waals surface area contributed by atoms with E-state index in [-0.39, 0.29) is 5.91 Å². The molecule has 164 valence electrons. The van der Waals surface area contributed by atoms with Crippen LogP contribution in [-0.4, -0.2) is 19.6 Å². The summed E-state index contributed by atoms with van der Waals surface area (Å²) in [6.07, 6.45) is 3.80. The second-order valence-corrected chi connectivity index (χ2v) is 8.91. The van der Waals surface area contributed by atoms with Crippen LogP contribution in [0.2, 0.25) is 0 Å². The first-order chi connectivity index (χ1) is 15.6. The highest BCUT2D eigenvalue weighted by atomic mass is 32.1. The van der Waals surface area contributed by atoms with E-state index < -0.39 is 0 Å². The largest absolute Gasteiger partial charge is 0.493 e. The van der Waals surface area contributed by atoms with Crippen molar-refractivity contribution in [2.45, 2.75) is 39.2 Å². The first-order valence-electron chi connectivity index (χ1n) is 10.8. The third-order valence-corrected chi connectivity index (χ3v) is 7.01. The van der Waals surface area contributed by atoms with Crippen molar-refractivity contribution >= 4 is 22.2 Å². The van der Waals surface area contributed by atoms with E-state index in [9.17, 15) is 10.1 Å². The Morgan fingerprint density at radius 3 is 2.66 bits per heavy atom. The predicted octanol–water partition coefficient (Wildman–Crippen LogP) is 5.29. The van der Waals surface area contributed by atoms with Gasteiger partial charge in [-0.3, -0.25) is 9.69 Å². The van der Waals surface area contributed by atoms with E-state index in [1.807, 2.05) is 36.4 Å². The Kier molecular flexibility index (Phi) is 6.77. The minimum Gasteiger partial charge on any atom is -0.493 e. The lowest BCUT2D eigenvalue weighted by Crippen LogP contribution is -2.27. The number of benzene rings is 2. The molecule has 1 amide bonds. The molecule has 32 heavy (non-hydrogen) atoms. The Bertz CT molecular complexity index is 1150. The van der Waals surface area contributed by atoms with Crippen LogP contribution in [0.1, 0.15) is 40.5 Å². The average Bonchev–Trinajstić information content (AvgIpc) is 3.39. The topological polar surface area (TPSA) is 62.6 Å². The quantitative estimate of drug-likeness (QED) is 0.472. The van der Waals surface area contributed by atoms with Crippen LogP contribution >= 0.6 is 11.3 Å². The Labute approximate surface area is 192 Å². The molecule has 0 atom stereocenters. The van der Waals surface area contributed by atoms with Crippen LogP contribution in [0.25, 0.3) is 0 Å². The molecule has 0 spiro atoms. The minimum atomic E-state index is -0.0800. The molecule has 0 saturated carbocycles. The highest BCUT2D eigenvalue weighted by Gasteiger charge is 2.27. The van der Waals surface area contributed by atoms with Gasteiger partial charge in [0.25, 0.3) is 0 Å². The normalized spacial score (nSPS) is 12.2. The zero-order chi connectivity index (χ0) is 22.5. The summed E-state index contributed by atoms with van der Waals surface area (Å²) in [5, 5.41) is 10.5. The van der Waals surface area contributed by atoms with E-state index in [1.165, 1.54) is 10.4 Å². The maximum Gasteiger partial charge on any atom is 0.224 e. The molecular formula is C26H26N2O3S. The lowest BCUT2D eigenvalue weighted by atomic mass is 10.1. The maximum absolute atomic E-state index is 12.5. The van der Waals surface area contributed by atoms with Gasteiger partial charge in [0, 0.05) is 18.2 Å². The van der Waals surface area contributed by atoms with Crippen molar-refractivity contribution in [3.63, 3.8) is 0 Å². The average molecular weight is 447 g/mol. The molecule has 0 aliphatic heterocycles. The third-order valence-electron chi connectivity index (χ3n) is 5.70. The van der Waals surface area contributed by atoms with Crippen molar-refractivity contribution in [3.8, 4) is 17.6 Å². The number of fused-ring (bicyclic) bond motifs is 1. The molecule has 1 heterocycles. The molecular weight excluding hydrogens is 420 g/mol. The van der Waals surface area contributed by atoms with Crippen molar-refractivity contribution in [2.24, 2.45) is 0 Å². The highest BCUT2D eigenvalue weighted by Crippen LogP contribution is 2.41. The summed E-state index contributed by atoms with van der Waals surface area (Å²) in [6, 6.07) is 18.3. The van der Waals surface area contributed by atoms with Crippen LogP contribution in [-0.2, 0) is 30.6 Å². The molecule has 1 aliphatic carbocycles. The Morgan fingerprint density at radius 2 is 1.94 bits per heavy atom. The molecule has 6 heteroatoms. The fraction of sp³-hybridized carbons (Fsp3) is 0.308. The molecule has 0 saturated heterocycles. The van der Waals surface area contributed by atoms with Gasteiger partial charge < -0.3 is 9.47 Å². The Morgan fingerprint density at radius 1 is 1.12 bits per heavy atom. The van der Waals surface area contributed by atoms with Gasteiger partial charge >= 0.3 is 0 Å². The molecule has 0 unspecified atom stereocenters. The first-order valence-corrected chi connectivity index (χ1v) is 11.6. The van der Waals surface area contributed by atoms with Crippen molar-refractivity contribution in [3.05, 3.63) is 75.7 Å². The van der Waals surface area contributed by atoms with E-state index in [1.54, 1.807) is 30.3 Å². The number of ether oxygens (including phenoxy) is 2. The second kappa shape index (κ2) is 9.88. The fourth-order valence-electron chi connectivity index (χ4n) is 4.06. The van der Waals surface area contributed by atoms with Crippen molar-refractivity contribution in [1.29, 1.82) is 5.26 Å². The van der Waals surface area contributed by atoms with Gasteiger partial charge in [0.1, 0.15) is 11.1 Å². The number of hydrogen-bond donors (Lipinski definition) is 0. The van der Waals surface area contributed by atoms with Crippen molar-refractivity contribution < 1.29 is 14.3 Å². The zero-order valence-electron chi connectivity index (χ0n) is 18.4. The number of amides is 1. The number of carbonyl (C=O) groups is 1. The summed E-state index contributed by atoms with van der Waals surface area (Å²) in [4.78, 5) is 15.4. The molecule has 4 rings (SSSR count). The summed E-state index contributed by atoms with van der Waals surface area (Å²) in [5.74, 6) is 1.23. The number of aryl methyl sites for hydroxylation is 1. The van der Waals surface area contributed by atoms with Crippen LogP contribution in [0.15, 0.2) is 48.5 Å². The van der Waals surface area contributed by atoms with E-state index in [0.717, 1.165) is 41.8 Å². The fourth-order valence-corrected chi connectivity index (χ4v) is 5.44. The van der Waals surface area contributed by atoms with Gasteiger partial charge in [0.15, 0.2) is 11.5 Å². The van der Waals surface area contributed by atoms with Crippen LogP contribution in [0, 0.1) is 11.3 Å². The number of methoxy groups -OCH3 is 1. The van der Waals surface area contributed by atoms with Gasteiger partial charge in [-0.2, -0.15) is 5.26 Å². The number of nitrogens with zero attached hydrogens (tertiary/aromatic N) is 2. The summed E-state index contributed by atoms with van der Waals surface area (Å²) in [6.45, 7) is 2.47. The Hall–Kier alpha value is -3.30. The van der Waals surface area contributed by atoms with Gasteiger partial charge in [-0.05, 0) is 48.1 Å². The maximum atomic E-state index is 12.5. The lowest BCUT2D eigenvalue weighted by molar-refractivity contribution is -0.116. The van der Waals surface area contributed by atoms with Gasteiger partial charge in [0.2, 0.25) is 5.91 Å². The smallest absolute Gasteiger partial charge is 0.224 e. The van der Waals surface area contributed by atoms with E-state index in [4.69, 9.17) is 9.47 Å². The number of hydrogen-bond acceptors (Lipinski definition) is 5. The van der Waals surface area contributed by atoms with E-state index in [0.29, 0.717) is 30.2 Å². The highest BCUT2D eigenvalue weighted by molar-refractivity contribution is 7.16. The van der Waals surface area contributed by atoms with Gasteiger partial charge in [-0.15, -0.1) is 11.3 Å². The standard InChI is InChI=1S/C26H26N2O3S/c1-18(29)28(26-22(16-27)21-9-6-10-25(21)32-26)17-20-11-12-23(24(15-20)30-2)31-14-13-19-7-4-3-5-8-19/h3-5,7-8,11-12,15H,6,9-10,13-14,17H2,1-2H3. The summed E-state index contributed by atoms with van der Waals surface area (Å²) in [5.41, 5.74) is 3.92. The first kappa shape index (κ1) is 21.9. The molecule has 1 aromatic heterocycles. The van der Waals surface area contributed by atoms with E-state index in [2.05, 4.69) is 18.2 Å². The number of anilines is 1. The van der Waals surface area contributed by atoms with Crippen LogP contribution in [0.5, 0.6) is 11.5 Å². The second-order valence-electron chi connectivity index (χ2n) is 7.82. The minimum absolute atomic E-state index is 0.0800. The zero-order valence-corrected chi connectivity index (χ0v) is 19.2. The van der Waals surface area contributed by atoms with Crippen molar-refractivity contribution in [2.75, 3.05) is 18.6 Å². The third kappa shape index (κ3) is 4.63. The molecule has 0 N–H and O–H groups in total. The lowest BCUT2D eigenvalue weighted by Gasteiger charge is -2.21. The van der Waals surface area contributed by atoms with Crippen LogP contribution in [0.4, 0.5) is 5.00 Å². The van der Waals surface area contributed by atoms with Gasteiger partial charge in [0.05, 0.1) is 25.8 Å². The monoisotopic (exact) mass is 446 g/mol. The number of rotatable bonds is 8. The molecule has 2 aromatic carbocycles. The Balaban J connectivity index is 1.50. The molecule has 0 fully saturated rings. The predicted molar refractivity (Wildman–Crippen MR) is 127 cm³/mol. The molecule has 0 bridgehead atoms. The SMILES string of the molecule is COc1cc(CN(C(C)=O)c2sc3c(c2C#N)CCC3)ccc1OCCc1ccccc1. The molecule has 3 aromatic rings. The van der Waals surface area contributed by atoms with Crippen LogP contribution < -0.4 is 14.4 Å². The summed E-state index contributed by atoms with van der Waals surface area (Å²) < 4.78 is 11.5. The number of thiophene rings is 1. The number of carbonyl (C=O) groups excluding carboxylic acids is 1. The number of nitriles is 1. The molecule has 0 radical (unpaired) electrons. The van der Waals surface area contributed by atoms with Crippen molar-refractivity contribution in [1.82, 2.24) is 0 Å². The molecule has 1 aliphatic rings. The van der Waals surface area contributed by atoms with Gasteiger partial charge in [-0.25, -0.2) is 0 Å². The summed E-state index contributed by atoms with van der Waals surface area (Å²) >= 11 is 1.58. The molecule has 5 nitrogen and oxygen atoms in total. The van der Waals surface area contributed by atoms with Crippen LogP contribution in [0.3, 0.4) is 0 Å². The van der Waals surface area contributed by atoms with Gasteiger partial charge in [-0.1, -0.05) is 36.4 Å².